The fourth-order valence-corrected chi connectivity index (χ4v) is 7.49. The summed E-state index contributed by atoms with van der Waals surface area (Å²) in [5, 5.41) is 7.90. The summed E-state index contributed by atoms with van der Waals surface area (Å²) >= 11 is 0. The van der Waals surface area contributed by atoms with Crippen molar-refractivity contribution in [2.24, 2.45) is 0 Å². The molecule has 2 nitrogen and oxygen atoms in total. The molecule has 0 aliphatic carbocycles. The minimum atomic E-state index is 0.961. The highest BCUT2D eigenvalue weighted by Crippen LogP contribution is 2.42. The fraction of sp³-hybridized carbons (Fsp3) is 0.136. The summed E-state index contributed by atoms with van der Waals surface area (Å²) in [6.45, 7) is 12.1. The van der Waals surface area contributed by atoms with Crippen LogP contribution in [0.2, 0.25) is 0 Å². The van der Waals surface area contributed by atoms with Crippen LogP contribution in [0.5, 0.6) is 0 Å². The van der Waals surface area contributed by atoms with Crippen molar-refractivity contribution < 1.29 is 0 Å². The number of allylic oxidation sites excluding steroid dienone is 2. The Morgan fingerprint density at radius 2 is 1.22 bits per heavy atom. The maximum atomic E-state index is 2.46. The van der Waals surface area contributed by atoms with Gasteiger partial charge in [-0.3, -0.25) is 0 Å². The average molecular weight is 595 g/mol. The van der Waals surface area contributed by atoms with Gasteiger partial charge in [0.25, 0.3) is 0 Å². The van der Waals surface area contributed by atoms with Gasteiger partial charge in [-0.15, -0.1) is 0 Å². The topological polar surface area (TPSA) is 8.17 Å². The van der Waals surface area contributed by atoms with Crippen molar-refractivity contribution in [2.45, 2.75) is 41.2 Å². The van der Waals surface area contributed by atoms with Crippen LogP contribution in [-0.2, 0) is 6.54 Å². The van der Waals surface area contributed by atoms with Crippen LogP contribution < -0.4 is 4.90 Å². The fourth-order valence-electron chi connectivity index (χ4n) is 7.49. The van der Waals surface area contributed by atoms with Crippen molar-refractivity contribution in [3.8, 4) is 0 Å². The molecule has 0 spiro atoms. The molecule has 0 aliphatic rings. The number of rotatable bonds is 6. The number of hydrogen-bond acceptors (Lipinski definition) is 1. The highest BCUT2D eigenvalue weighted by molar-refractivity contribution is 6.25. The van der Waals surface area contributed by atoms with E-state index in [-0.39, 0.29) is 0 Å². The molecule has 1 heterocycles. The van der Waals surface area contributed by atoms with Crippen LogP contribution in [0.4, 0.5) is 17.1 Å². The third kappa shape index (κ3) is 4.32. The monoisotopic (exact) mass is 594 g/mol. The van der Waals surface area contributed by atoms with E-state index in [1.807, 2.05) is 0 Å². The maximum absolute atomic E-state index is 2.46. The number of aromatic nitrogens is 1. The zero-order chi connectivity index (χ0) is 31.5. The Labute approximate surface area is 271 Å². The Morgan fingerprint density at radius 3 is 1.93 bits per heavy atom. The molecule has 0 N–H and O–H groups in total. The number of fused-ring (bicyclic) bond motifs is 1. The van der Waals surface area contributed by atoms with Gasteiger partial charge >= 0.3 is 0 Å². The van der Waals surface area contributed by atoms with Gasteiger partial charge in [0.1, 0.15) is 0 Å². The van der Waals surface area contributed by atoms with Crippen LogP contribution in [0, 0.1) is 13.8 Å². The van der Waals surface area contributed by atoms with Crippen LogP contribution in [0.25, 0.3) is 54.5 Å². The Balaban J connectivity index is 1.23. The molecule has 0 atom stereocenters. The lowest BCUT2D eigenvalue weighted by Crippen LogP contribution is -2.12. The van der Waals surface area contributed by atoms with E-state index in [0.717, 1.165) is 12.2 Å². The molecule has 0 amide bonds. The summed E-state index contributed by atoms with van der Waals surface area (Å²) in [6, 6.07) is 47.0. The van der Waals surface area contributed by atoms with E-state index < -0.39 is 0 Å². The van der Waals surface area contributed by atoms with E-state index in [4.69, 9.17) is 0 Å². The molecule has 224 valence electrons. The molecular formula is C44H38N2. The third-order valence-corrected chi connectivity index (χ3v) is 10.1. The third-order valence-electron chi connectivity index (χ3n) is 10.1. The second kappa shape index (κ2) is 10.9. The predicted octanol–water partition coefficient (Wildman–Crippen LogP) is 12.6. The normalized spacial score (nSPS) is 12.5. The Kier molecular flexibility index (Phi) is 6.69. The molecule has 0 aliphatic heterocycles. The van der Waals surface area contributed by atoms with Crippen molar-refractivity contribution >= 4 is 71.6 Å². The van der Waals surface area contributed by atoms with Crippen molar-refractivity contribution in [2.75, 3.05) is 4.90 Å². The summed E-state index contributed by atoms with van der Waals surface area (Å²) in [5.74, 6) is 0. The molecular weight excluding hydrogens is 556 g/mol. The van der Waals surface area contributed by atoms with E-state index in [1.54, 1.807) is 0 Å². The molecule has 2 heteroatoms. The van der Waals surface area contributed by atoms with E-state index in [1.165, 1.54) is 88.1 Å². The molecule has 0 bridgehead atoms. The summed E-state index contributed by atoms with van der Waals surface area (Å²) in [4.78, 5) is 2.39. The first-order valence-electron chi connectivity index (χ1n) is 16.3. The lowest BCUT2D eigenvalue weighted by Gasteiger charge is -2.28. The number of aryl methyl sites for hydroxylation is 3. The second-order valence-corrected chi connectivity index (χ2v) is 12.6. The minimum Gasteiger partial charge on any atom is -0.341 e. The molecule has 1 aromatic heterocycles. The Hall–Kier alpha value is -5.34. The van der Waals surface area contributed by atoms with Crippen molar-refractivity contribution in [1.82, 2.24) is 4.57 Å². The van der Waals surface area contributed by atoms with E-state index >= 15 is 0 Å². The molecule has 0 radical (unpaired) electrons. The number of para-hydroxylation sites is 2. The lowest BCUT2D eigenvalue weighted by atomic mass is 9.91. The van der Waals surface area contributed by atoms with Crippen LogP contribution in [0.1, 0.15) is 43.0 Å². The second-order valence-electron chi connectivity index (χ2n) is 12.6. The van der Waals surface area contributed by atoms with E-state index in [9.17, 15) is 0 Å². The van der Waals surface area contributed by atoms with E-state index in [2.05, 4.69) is 171 Å². The van der Waals surface area contributed by atoms with E-state index in [0.29, 0.717) is 0 Å². The molecule has 0 fully saturated rings. The van der Waals surface area contributed by atoms with Crippen LogP contribution in [0.3, 0.4) is 0 Å². The molecule has 8 aromatic rings. The number of nitrogens with zero attached hydrogens (tertiary/aromatic N) is 2. The average Bonchev–Trinajstić information content (AvgIpc) is 3.42. The molecule has 0 saturated carbocycles. The summed E-state index contributed by atoms with van der Waals surface area (Å²) in [5.41, 5.74) is 13.9. The van der Waals surface area contributed by atoms with Gasteiger partial charge in [0, 0.05) is 45.4 Å². The van der Waals surface area contributed by atoms with Crippen LogP contribution in [0.15, 0.2) is 127 Å². The quantitative estimate of drug-likeness (QED) is 0.137. The smallest absolute Gasteiger partial charge is 0.0498 e. The molecule has 0 unspecified atom stereocenters. The largest absolute Gasteiger partial charge is 0.341 e. The molecule has 8 rings (SSSR count). The molecule has 46 heavy (non-hydrogen) atoms. The van der Waals surface area contributed by atoms with Crippen LogP contribution >= 0.6 is 0 Å². The van der Waals surface area contributed by atoms with Gasteiger partial charge in [-0.25, -0.2) is 0 Å². The Bertz CT molecular complexity index is 2410. The first-order valence-corrected chi connectivity index (χ1v) is 16.3. The van der Waals surface area contributed by atoms with Crippen molar-refractivity contribution in [3.05, 3.63) is 150 Å². The summed E-state index contributed by atoms with van der Waals surface area (Å²) in [7, 11) is 0. The SMILES string of the molecule is CCn1c2cccc3ccc4c(/C(C)=C(\C)c5ccc6cc(N(c7ccccc7C)c7ccccc7C)ccc6c5)ccc1c4c32. The van der Waals surface area contributed by atoms with Gasteiger partial charge in [0.05, 0.1) is 0 Å². The first kappa shape index (κ1) is 28.2. The molecule has 7 aromatic carbocycles. The Morgan fingerprint density at radius 1 is 0.565 bits per heavy atom. The lowest BCUT2D eigenvalue weighted by molar-refractivity contribution is 0.827. The highest BCUT2D eigenvalue weighted by Gasteiger charge is 2.19. The van der Waals surface area contributed by atoms with Gasteiger partial charge in [0.2, 0.25) is 0 Å². The van der Waals surface area contributed by atoms with Gasteiger partial charge in [-0.2, -0.15) is 0 Å². The molecule has 0 saturated heterocycles. The maximum Gasteiger partial charge on any atom is 0.0498 e. The predicted molar refractivity (Wildman–Crippen MR) is 200 cm³/mol. The van der Waals surface area contributed by atoms with Gasteiger partial charge in [-0.1, -0.05) is 84.9 Å². The van der Waals surface area contributed by atoms with Crippen LogP contribution in [-0.4, -0.2) is 4.57 Å². The highest BCUT2D eigenvalue weighted by atomic mass is 15.1. The van der Waals surface area contributed by atoms with Gasteiger partial charge < -0.3 is 9.47 Å². The zero-order valence-electron chi connectivity index (χ0n) is 27.2. The summed E-state index contributed by atoms with van der Waals surface area (Å²) in [6.07, 6.45) is 0. The van der Waals surface area contributed by atoms with Gasteiger partial charge in [0.15, 0.2) is 0 Å². The number of anilines is 3. The zero-order valence-corrected chi connectivity index (χ0v) is 27.2. The standard InChI is InChI=1S/C44H38N2/c1-6-45-41-17-11-14-32-21-23-38-37(24-25-42(45)44(38)43(32)41)31(5)30(4)33-18-19-35-27-36(22-20-34(35)26-33)46(39-15-9-7-12-28(39)2)40-16-10-8-13-29(40)3/h7-27H,6H2,1-5H3/b31-30+. The number of hydrogen-bond donors (Lipinski definition) is 0. The summed E-state index contributed by atoms with van der Waals surface area (Å²) < 4.78 is 2.46. The van der Waals surface area contributed by atoms with Crippen molar-refractivity contribution in [3.63, 3.8) is 0 Å². The first-order chi connectivity index (χ1) is 22.4. The van der Waals surface area contributed by atoms with Gasteiger partial charge in [-0.05, 0) is 132 Å². The minimum absolute atomic E-state index is 0.961. The van der Waals surface area contributed by atoms with Crippen molar-refractivity contribution in [1.29, 1.82) is 0 Å². The number of benzene rings is 7.